The zero-order chi connectivity index (χ0) is 13.5. The summed E-state index contributed by atoms with van der Waals surface area (Å²) in [6.45, 7) is 5.39. The van der Waals surface area contributed by atoms with Crippen LogP contribution in [0.15, 0.2) is 18.2 Å². The fourth-order valence-electron chi connectivity index (χ4n) is 2.23. The number of nitrogens with two attached hydrogens (primary N) is 1. The molecule has 1 aromatic rings. The summed E-state index contributed by atoms with van der Waals surface area (Å²) < 4.78 is 13.8. The average Bonchev–Trinajstić information content (AvgIpc) is 2.34. The lowest BCUT2D eigenvalue weighted by atomic mass is 10.1. The number of hydrogen-bond donors (Lipinski definition) is 2. The maximum absolute atomic E-state index is 13.8. The SMILES string of the molecule is CCC(CC)N(CCO)Cc1ccc(N)cc1F. The van der Waals surface area contributed by atoms with Gasteiger partial charge in [-0.1, -0.05) is 19.9 Å². The smallest absolute Gasteiger partial charge is 0.129 e. The molecule has 1 rings (SSSR count). The highest BCUT2D eigenvalue weighted by molar-refractivity contribution is 5.40. The third-order valence-corrected chi connectivity index (χ3v) is 3.30. The normalized spacial score (nSPS) is 11.4. The Labute approximate surface area is 108 Å². The van der Waals surface area contributed by atoms with Crippen molar-refractivity contribution in [2.45, 2.75) is 39.3 Å². The number of aliphatic hydroxyl groups excluding tert-OH is 1. The highest BCUT2D eigenvalue weighted by Crippen LogP contribution is 2.17. The van der Waals surface area contributed by atoms with Gasteiger partial charge in [-0.2, -0.15) is 0 Å². The molecule has 0 saturated heterocycles. The van der Waals surface area contributed by atoms with E-state index in [0.717, 1.165) is 12.8 Å². The Kier molecular flexibility index (Phi) is 6.09. The molecule has 0 aliphatic carbocycles. The quantitative estimate of drug-likeness (QED) is 0.735. The summed E-state index contributed by atoms with van der Waals surface area (Å²) in [6, 6.07) is 5.15. The maximum atomic E-state index is 13.8. The minimum atomic E-state index is -0.274. The van der Waals surface area contributed by atoms with E-state index >= 15 is 0 Å². The Morgan fingerprint density at radius 2 is 2.00 bits per heavy atom. The number of benzene rings is 1. The summed E-state index contributed by atoms with van der Waals surface area (Å²) in [5, 5.41) is 9.11. The van der Waals surface area contributed by atoms with Crippen LogP contribution in [0.1, 0.15) is 32.3 Å². The van der Waals surface area contributed by atoms with Gasteiger partial charge >= 0.3 is 0 Å². The van der Waals surface area contributed by atoms with Crippen LogP contribution in [0.3, 0.4) is 0 Å². The van der Waals surface area contributed by atoms with Crippen LogP contribution in [-0.4, -0.2) is 29.2 Å². The molecule has 0 spiro atoms. The van der Waals surface area contributed by atoms with Gasteiger partial charge in [0.05, 0.1) is 6.61 Å². The number of aliphatic hydroxyl groups is 1. The molecular formula is C14H23FN2O. The molecule has 0 heterocycles. The second-order valence-electron chi connectivity index (χ2n) is 4.52. The van der Waals surface area contributed by atoms with Gasteiger partial charge in [-0.3, -0.25) is 4.90 Å². The molecule has 0 unspecified atom stereocenters. The lowest BCUT2D eigenvalue weighted by molar-refractivity contribution is 0.135. The zero-order valence-corrected chi connectivity index (χ0v) is 11.2. The molecule has 0 bridgehead atoms. The summed E-state index contributed by atoms with van der Waals surface area (Å²) >= 11 is 0. The van der Waals surface area contributed by atoms with Gasteiger partial charge in [-0.15, -0.1) is 0 Å². The second kappa shape index (κ2) is 7.34. The molecule has 0 amide bonds. The van der Waals surface area contributed by atoms with Crippen molar-refractivity contribution in [2.75, 3.05) is 18.9 Å². The fraction of sp³-hybridized carbons (Fsp3) is 0.571. The monoisotopic (exact) mass is 254 g/mol. The van der Waals surface area contributed by atoms with Crippen molar-refractivity contribution in [3.05, 3.63) is 29.6 Å². The fourth-order valence-corrected chi connectivity index (χ4v) is 2.23. The van der Waals surface area contributed by atoms with Gasteiger partial charge in [0.1, 0.15) is 5.82 Å². The Balaban J connectivity index is 2.82. The molecule has 0 saturated carbocycles. The van der Waals surface area contributed by atoms with Gasteiger partial charge in [0.15, 0.2) is 0 Å². The van der Waals surface area contributed by atoms with Crippen molar-refractivity contribution in [3.63, 3.8) is 0 Å². The lowest BCUT2D eigenvalue weighted by Crippen LogP contribution is -2.36. The lowest BCUT2D eigenvalue weighted by Gasteiger charge is -2.30. The first-order valence-electron chi connectivity index (χ1n) is 6.51. The summed E-state index contributed by atoms with van der Waals surface area (Å²) in [6.07, 6.45) is 1.99. The molecule has 3 N–H and O–H groups in total. The van der Waals surface area contributed by atoms with E-state index in [0.29, 0.717) is 30.4 Å². The molecule has 4 heteroatoms. The van der Waals surface area contributed by atoms with Crippen LogP contribution in [0.25, 0.3) is 0 Å². The molecule has 18 heavy (non-hydrogen) atoms. The molecule has 0 radical (unpaired) electrons. The van der Waals surface area contributed by atoms with Gasteiger partial charge in [0.25, 0.3) is 0 Å². The molecule has 1 aromatic carbocycles. The maximum Gasteiger partial charge on any atom is 0.129 e. The first kappa shape index (κ1) is 14.9. The number of nitrogens with zero attached hydrogens (tertiary/aromatic N) is 1. The van der Waals surface area contributed by atoms with Crippen molar-refractivity contribution < 1.29 is 9.50 Å². The third-order valence-electron chi connectivity index (χ3n) is 3.30. The predicted molar refractivity (Wildman–Crippen MR) is 72.7 cm³/mol. The summed E-state index contributed by atoms with van der Waals surface area (Å²) in [4.78, 5) is 2.12. The van der Waals surface area contributed by atoms with Crippen LogP contribution in [0, 0.1) is 5.82 Å². The predicted octanol–water partition coefficient (Wildman–Crippen LogP) is 2.39. The van der Waals surface area contributed by atoms with E-state index in [2.05, 4.69) is 18.7 Å². The minimum Gasteiger partial charge on any atom is -0.399 e. The standard InChI is InChI=1S/C14H23FN2O/c1-3-13(4-2)17(7-8-18)10-11-5-6-12(16)9-14(11)15/h5-6,9,13,18H,3-4,7-8,10,16H2,1-2H3. The van der Waals surface area contributed by atoms with Crippen molar-refractivity contribution in [1.82, 2.24) is 4.90 Å². The molecule has 0 aromatic heterocycles. The largest absolute Gasteiger partial charge is 0.399 e. The Hall–Kier alpha value is -1.13. The van der Waals surface area contributed by atoms with Crippen molar-refractivity contribution >= 4 is 5.69 Å². The number of rotatable bonds is 7. The summed E-state index contributed by atoms with van der Waals surface area (Å²) in [7, 11) is 0. The third kappa shape index (κ3) is 3.96. The van der Waals surface area contributed by atoms with Crippen molar-refractivity contribution in [3.8, 4) is 0 Å². The van der Waals surface area contributed by atoms with Gasteiger partial charge in [0, 0.05) is 30.4 Å². The van der Waals surface area contributed by atoms with Gasteiger partial charge in [0.2, 0.25) is 0 Å². The van der Waals surface area contributed by atoms with Crippen molar-refractivity contribution in [1.29, 1.82) is 0 Å². The zero-order valence-electron chi connectivity index (χ0n) is 11.2. The summed E-state index contributed by atoms with van der Waals surface area (Å²) in [5.74, 6) is -0.274. The van der Waals surface area contributed by atoms with E-state index in [-0.39, 0.29) is 12.4 Å². The van der Waals surface area contributed by atoms with E-state index in [1.54, 1.807) is 12.1 Å². The molecule has 0 aliphatic rings. The van der Waals surface area contributed by atoms with E-state index in [4.69, 9.17) is 10.8 Å². The highest BCUT2D eigenvalue weighted by atomic mass is 19.1. The second-order valence-corrected chi connectivity index (χ2v) is 4.52. The van der Waals surface area contributed by atoms with Crippen LogP contribution >= 0.6 is 0 Å². The summed E-state index contributed by atoms with van der Waals surface area (Å²) in [5.41, 5.74) is 6.60. The van der Waals surface area contributed by atoms with Crippen LogP contribution in [0.2, 0.25) is 0 Å². The van der Waals surface area contributed by atoms with Gasteiger partial charge < -0.3 is 10.8 Å². The van der Waals surface area contributed by atoms with Crippen LogP contribution < -0.4 is 5.73 Å². The molecule has 102 valence electrons. The van der Waals surface area contributed by atoms with Crippen molar-refractivity contribution in [2.24, 2.45) is 0 Å². The van der Waals surface area contributed by atoms with Crippen LogP contribution in [-0.2, 0) is 6.54 Å². The van der Waals surface area contributed by atoms with Crippen LogP contribution in [0.5, 0.6) is 0 Å². The minimum absolute atomic E-state index is 0.0904. The van der Waals surface area contributed by atoms with Gasteiger partial charge in [-0.05, 0) is 25.0 Å². The van der Waals surface area contributed by atoms with E-state index in [1.165, 1.54) is 6.07 Å². The van der Waals surface area contributed by atoms with E-state index in [1.807, 2.05) is 0 Å². The first-order chi connectivity index (χ1) is 8.62. The molecule has 0 aliphatic heterocycles. The number of hydrogen-bond acceptors (Lipinski definition) is 3. The van der Waals surface area contributed by atoms with Gasteiger partial charge in [-0.25, -0.2) is 4.39 Å². The molecule has 0 atom stereocenters. The first-order valence-corrected chi connectivity index (χ1v) is 6.51. The Morgan fingerprint density at radius 3 is 2.50 bits per heavy atom. The number of anilines is 1. The Morgan fingerprint density at radius 1 is 1.33 bits per heavy atom. The average molecular weight is 254 g/mol. The Bertz CT molecular complexity index is 367. The van der Waals surface area contributed by atoms with E-state index in [9.17, 15) is 4.39 Å². The molecular weight excluding hydrogens is 231 g/mol. The number of nitrogen functional groups attached to an aromatic ring is 1. The van der Waals surface area contributed by atoms with Crippen LogP contribution in [0.4, 0.5) is 10.1 Å². The number of halogens is 1. The molecule has 0 fully saturated rings. The molecule has 3 nitrogen and oxygen atoms in total. The van der Waals surface area contributed by atoms with E-state index < -0.39 is 0 Å². The topological polar surface area (TPSA) is 49.5 Å². The highest BCUT2D eigenvalue weighted by Gasteiger charge is 2.16.